The lowest BCUT2D eigenvalue weighted by Crippen LogP contribution is -2.39. The molecule has 13 heavy (non-hydrogen) atoms. The lowest BCUT2D eigenvalue weighted by atomic mass is 10.2. The van der Waals surface area contributed by atoms with E-state index >= 15 is 0 Å². The van der Waals surface area contributed by atoms with E-state index in [0.29, 0.717) is 13.3 Å². The summed E-state index contributed by atoms with van der Waals surface area (Å²) in [6.07, 6.45) is -0.294. The van der Waals surface area contributed by atoms with Crippen molar-refractivity contribution < 1.29 is 14.3 Å². The van der Waals surface area contributed by atoms with E-state index in [1.165, 1.54) is 0 Å². The quantitative estimate of drug-likeness (QED) is 0.578. The Morgan fingerprint density at radius 1 is 1.54 bits per heavy atom. The molecule has 4 heteroatoms. The Bertz CT molecular complexity index is 198. The van der Waals surface area contributed by atoms with E-state index in [1.807, 2.05) is 27.7 Å². The summed E-state index contributed by atoms with van der Waals surface area (Å²) >= 11 is 0. The zero-order valence-electron chi connectivity index (χ0n) is 8.66. The zero-order chi connectivity index (χ0) is 10.1. The summed E-state index contributed by atoms with van der Waals surface area (Å²) in [5.74, 6) is 0. The highest BCUT2D eigenvalue weighted by molar-refractivity contribution is 5.68. The second-order valence-electron chi connectivity index (χ2n) is 4.30. The van der Waals surface area contributed by atoms with Crippen LogP contribution in [0.25, 0.3) is 0 Å². The first-order valence-electron chi connectivity index (χ1n) is 4.47. The highest BCUT2D eigenvalue weighted by atomic mass is 16.6. The molecule has 0 bridgehead atoms. The van der Waals surface area contributed by atoms with Crippen LogP contribution in [0.3, 0.4) is 0 Å². The molecule has 1 aliphatic heterocycles. The monoisotopic (exact) mass is 187 g/mol. The van der Waals surface area contributed by atoms with Crippen LogP contribution in [0.2, 0.25) is 0 Å². The van der Waals surface area contributed by atoms with E-state index in [2.05, 4.69) is 0 Å². The SMILES string of the molecule is C[C@H]1COCN1C(=O)OC(C)(C)C. The molecule has 1 rings (SSSR count). The summed E-state index contributed by atoms with van der Waals surface area (Å²) < 4.78 is 10.3. The van der Waals surface area contributed by atoms with E-state index in [-0.39, 0.29) is 12.1 Å². The fourth-order valence-electron chi connectivity index (χ4n) is 1.09. The lowest BCUT2D eigenvalue weighted by molar-refractivity contribution is 0.0167. The van der Waals surface area contributed by atoms with Crippen LogP contribution in [0, 0.1) is 0 Å². The predicted octanol–water partition coefficient (Wildman–Crippen LogP) is 1.60. The summed E-state index contributed by atoms with van der Waals surface area (Å²) in [6.45, 7) is 8.44. The number of hydrogen-bond donors (Lipinski definition) is 0. The predicted molar refractivity (Wildman–Crippen MR) is 48.4 cm³/mol. The first-order valence-corrected chi connectivity index (χ1v) is 4.47. The van der Waals surface area contributed by atoms with Crippen molar-refractivity contribution in [3.05, 3.63) is 0 Å². The van der Waals surface area contributed by atoms with Gasteiger partial charge in [-0.25, -0.2) is 4.79 Å². The van der Waals surface area contributed by atoms with Gasteiger partial charge in [0.2, 0.25) is 0 Å². The Kier molecular flexibility index (Phi) is 2.81. The molecule has 4 nitrogen and oxygen atoms in total. The molecule has 0 aliphatic carbocycles. The molecule has 0 aromatic heterocycles. The van der Waals surface area contributed by atoms with Gasteiger partial charge in [-0.1, -0.05) is 0 Å². The van der Waals surface area contributed by atoms with Crippen molar-refractivity contribution >= 4 is 6.09 Å². The molecule has 1 atom stereocenters. The van der Waals surface area contributed by atoms with E-state index in [9.17, 15) is 4.79 Å². The summed E-state index contributed by atoms with van der Waals surface area (Å²) in [5, 5.41) is 0. The third-order valence-corrected chi connectivity index (χ3v) is 1.75. The molecule has 1 heterocycles. The average molecular weight is 187 g/mol. The number of carbonyl (C=O) groups excluding carboxylic acids is 1. The van der Waals surface area contributed by atoms with Gasteiger partial charge in [0, 0.05) is 0 Å². The maximum atomic E-state index is 11.5. The van der Waals surface area contributed by atoms with Crippen LogP contribution in [0.15, 0.2) is 0 Å². The third-order valence-electron chi connectivity index (χ3n) is 1.75. The van der Waals surface area contributed by atoms with Gasteiger partial charge in [0.1, 0.15) is 12.3 Å². The number of ether oxygens (including phenoxy) is 2. The molecule has 0 unspecified atom stereocenters. The molecule has 1 aliphatic rings. The molecule has 1 fully saturated rings. The van der Waals surface area contributed by atoms with Crippen LogP contribution in [0.4, 0.5) is 4.79 Å². The Labute approximate surface area is 78.8 Å². The van der Waals surface area contributed by atoms with Crippen LogP contribution in [-0.2, 0) is 9.47 Å². The summed E-state index contributed by atoms with van der Waals surface area (Å²) in [4.78, 5) is 13.1. The van der Waals surface area contributed by atoms with Gasteiger partial charge in [-0.05, 0) is 27.7 Å². The smallest absolute Gasteiger partial charge is 0.412 e. The van der Waals surface area contributed by atoms with Crippen LogP contribution in [0.5, 0.6) is 0 Å². The van der Waals surface area contributed by atoms with Crippen molar-refractivity contribution in [3.63, 3.8) is 0 Å². The largest absolute Gasteiger partial charge is 0.444 e. The minimum absolute atomic E-state index is 0.120. The summed E-state index contributed by atoms with van der Waals surface area (Å²) in [7, 11) is 0. The molecule has 1 saturated heterocycles. The van der Waals surface area contributed by atoms with Crippen LogP contribution in [0.1, 0.15) is 27.7 Å². The van der Waals surface area contributed by atoms with Gasteiger partial charge in [0.25, 0.3) is 0 Å². The lowest BCUT2D eigenvalue weighted by Gasteiger charge is -2.25. The van der Waals surface area contributed by atoms with Gasteiger partial charge in [-0.15, -0.1) is 0 Å². The Balaban J connectivity index is 2.48. The molecular weight excluding hydrogens is 170 g/mol. The van der Waals surface area contributed by atoms with Gasteiger partial charge in [0.15, 0.2) is 0 Å². The maximum Gasteiger partial charge on any atom is 0.412 e. The van der Waals surface area contributed by atoms with Crippen LogP contribution < -0.4 is 0 Å². The van der Waals surface area contributed by atoms with Gasteiger partial charge in [-0.2, -0.15) is 0 Å². The third kappa shape index (κ3) is 2.88. The van der Waals surface area contributed by atoms with Crippen molar-refractivity contribution in [2.24, 2.45) is 0 Å². The second-order valence-corrected chi connectivity index (χ2v) is 4.30. The van der Waals surface area contributed by atoms with Crippen molar-refractivity contribution in [2.45, 2.75) is 39.3 Å². The molecule has 0 spiro atoms. The molecular formula is C9H17NO3. The van der Waals surface area contributed by atoms with Gasteiger partial charge < -0.3 is 9.47 Å². The van der Waals surface area contributed by atoms with E-state index in [0.717, 1.165) is 0 Å². The zero-order valence-corrected chi connectivity index (χ0v) is 8.66. The first kappa shape index (κ1) is 10.3. The summed E-state index contributed by atoms with van der Waals surface area (Å²) in [5.41, 5.74) is -0.431. The minimum atomic E-state index is -0.431. The van der Waals surface area contributed by atoms with Gasteiger partial charge >= 0.3 is 6.09 Å². The molecule has 0 radical (unpaired) electrons. The van der Waals surface area contributed by atoms with E-state index < -0.39 is 5.60 Å². The molecule has 76 valence electrons. The molecule has 0 saturated carbocycles. The van der Waals surface area contributed by atoms with Crippen molar-refractivity contribution in [2.75, 3.05) is 13.3 Å². The molecule has 1 amide bonds. The van der Waals surface area contributed by atoms with E-state index in [4.69, 9.17) is 9.47 Å². The second kappa shape index (κ2) is 3.54. The van der Waals surface area contributed by atoms with E-state index in [1.54, 1.807) is 4.90 Å². The fourth-order valence-corrected chi connectivity index (χ4v) is 1.09. The van der Waals surface area contributed by atoms with Crippen LogP contribution >= 0.6 is 0 Å². The highest BCUT2D eigenvalue weighted by Crippen LogP contribution is 2.15. The number of amides is 1. The topological polar surface area (TPSA) is 38.8 Å². The average Bonchev–Trinajstić information content (AvgIpc) is 2.30. The number of carbonyl (C=O) groups is 1. The Morgan fingerprint density at radius 2 is 2.15 bits per heavy atom. The first-order chi connectivity index (χ1) is 5.90. The van der Waals surface area contributed by atoms with Crippen LogP contribution in [-0.4, -0.2) is 36.0 Å². The molecule has 0 aromatic carbocycles. The normalized spacial score (nSPS) is 23.4. The standard InChI is InChI=1S/C9H17NO3/c1-7-5-12-6-10(7)8(11)13-9(2,3)4/h7H,5-6H2,1-4H3/t7-/m0/s1. The molecule has 0 aromatic rings. The fraction of sp³-hybridized carbons (Fsp3) is 0.889. The Hall–Kier alpha value is -0.770. The van der Waals surface area contributed by atoms with Gasteiger partial charge in [-0.3, -0.25) is 4.90 Å². The maximum absolute atomic E-state index is 11.5. The summed E-state index contributed by atoms with van der Waals surface area (Å²) in [6, 6.07) is 0.120. The van der Waals surface area contributed by atoms with Crippen molar-refractivity contribution in [3.8, 4) is 0 Å². The minimum Gasteiger partial charge on any atom is -0.444 e. The number of rotatable bonds is 0. The Morgan fingerprint density at radius 3 is 2.54 bits per heavy atom. The van der Waals surface area contributed by atoms with Crippen molar-refractivity contribution in [1.82, 2.24) is 4.90 Å². The van der Waals surface area contributed by atoms with Crippen molar-refractivity contribution in [1.29, 1.82) is 0 Å². The molecule has 0 N–H and O–H groups in total. The number of nitrogens with zero attached hydrogens (tertiary/aromatic N) is 1. The number of hydrogen-bond acceptors (Lipinski definition) is 3. The highest BCUT2D eigenvalue weighted by Gasteiger charge is 2.29. The van der Waals surface area contributed by atoms with Gasteiger partial charge in [0.05, 0.1) is 12.6 Å².